The van der Waals surface area contributed by atoms with E-state index in [4.69, 9.17) is 0 Å². The third-order valence-corrected chi connectivity index (χ3v) is 6.74. The van der Waals surface area contributed by atoms with Crippen molar-refractivity contribution in [3.05, 3.63) is 105 Å². The van der Waals surface area contributed by atoms with Crippen LogP contribution in [0.4, 0.5) is 20.2 Å². The molecule has 1 aliphatic carbocycles. The zero-order valence-corrected chi connectivity index (χ0v) is 19.6. The Balaban J connectivity index is 1.36. The number of amides is 1. The van der Waals surface area contributed by atoms with Crippen LogP contribution in [0.5, 0.6) is 0 Å². The Morgan fingerprint density at radius 3 is 1.94 bits per heavy atom. The van der Waals surface area contributed by atoms with Crippen molar-refractivity contribution < 1.29 is 18.5 Å². The largest absolute Gasteiger partial charge is 0.363 e. The van der Waals surface area contributed by atoms with Gasteiger partial charge in [-0.2, -0.15) is 0 Å². The fourth-order valence-corrected chi connectivity index (χ4v) is 4.70. The lowest BCUT2D eigenvalue weighted by Gasteiger charge is -2.40. The second-order valence-corrected chi connectivity index (χ2v) is 9.24. The predicted octanol–water partition coefficient (Wildman–Crippen LogP) is 4.68. The van der Waals surface area contributed by atoms with E-state index in [0.717, 1.165) is 24.0 Å². The maximum Gasteiger partial charge on any atom is 0.293 e. The lowest BCUT2D eigenvalue weighted by Crippen LogP contribution is -2.48. The van der Waals surface area contributed by atoms with Gasteiger partial charge in [-0.1, -0.05) is 24.3 Å². The second-order valence-electron chi connectivity index (χ2n) is 9.24. The smallest absolute Gasteiger partial charge is 0.293 e. The number of halogens is 2. The average Bonchev–Trinajstić information content (AvgIpc) is 3.70. The van der Waals surface area contributed by atoms with Gasteiger partial charge in [-0.15, -0.1) is 0 Å². The van der Waals surface area contributed by atoms with Crippen molar-refractivity contribution in [1.82, 2.24) is 10.2 Å². The van der Waals surface area contributed by atoms with Gasteiger partial charge in [0.25, 0.3) is 11.6 Å². The number of nitro groups is 1. The molecule has 5 rings (SSSR count). The molecule has 1 heterocycles. The zero-order valence-electron chi connectivity index (χ0n) is 19.6. The minimum Gasteiger partial charge on any atom is -0.363 e. The number of carbonyl (C=O) groups is 1. The van der Waals surface area contributed by atoms with E-state index >= 15 is 0 Å². The fraction of sp³-hybridized carbons (Fsp3) is 0.296. The van der Waals surface area contributed by atoms with Gasteiger partial charge in [0.05, 0.1) is 11.0 Å². The van der Waals surface area contributed by atoms with Crippen LogP contribution < -0.4 is 10.2 Å². The molecular formula is C27H26F2N4O3. The summed E-state index contributed by atoms with van der Waals surface area (Å²) in [6.07, 6.45) is 1.88. The van der Waals surface area contributed by atoms with Gasteiger partial charge in [0.2, 0.25) is 0 Å². The summed E-state index contributed by atoms with van der Waals surface area (Å²) in [6, 6.07) is 17.1. The molecule has 1 aliphatic heterocycles. The lowest BCUT2D eigenvalue weighted by atomic mass is 9.96. The van der Waals surface area contributed by atoms with Crippen LogP contribution in [-0.4, -0.2) is 48.0 Å². The Labute approximate surface area is 207 Å². The van der Waals surface area contributed by atoms with Crippen LogP contribution >= 0.6 is 0 Å². The van der Waals surface area contributed by atoms with Crippen LogP contribution in [0.15, 0.2) is 66.7 Å². The third kappa shape index (κ3) is 5.21. The molecule has 0 aromatic heterocycles. The van der Waals surface area contributed by atoms with E-state index in [9.17, 15) is 23.7 Å². The molecule has 1 N–H and O–H groups in total. The standard InChI is InChI=1S/C27H26F2N4O3/c28-21-6-1-18(2-7-21)26(19-3-8-22(29)9-4-19)32-15-13-31(14-16-32)24-12-5-20(17-25(24)33(35)36)27(34)30-23-10-11-23/h1-9,12,17,23,26H,10-11,13-16H2,(H,30,34). The monoisotopic (exact) mass is 492 g/mol. The molecule has 36 heavy (non-hydrogen) atoms. The van der Waals surface area contributed by atoms with E-state index in [0.29, 0.717) is 31.9 Å². The molecular weight excluding hydrogens is 466 g/mol. The first-order chi connectivity index (χ1) is 17.4. The SMILES string of the molecule is O=C(NC1CC1)c1ccc(N2CCN(C(c3ccc(F)cc3)c3ccc(F)cc3)CC2)c([N+](=O)[O-])c1. The number of hydrogen-bond acceptors (Lipinski definition) is 5. The number of nitro benzene ring substituents is 1. The molecule has 1 saturated carbocycles. The minimum atomic E-state index is -0.449. The fourth-order valence-electron chi connectivity index (χ4n) is 4.70. The molecule has 0 spiro atoms. The van der Waals surface area contributed by atoms with Gasteiger partial charge in [-0.05, 0) is 60.4 Å². The number of nitrogens with zero attached hydrogens (tertiary/aromatic N) is 3. The van der Waals surface area contributed by atoms with Gasteiger partial charge in [-0.25, -0.2) is 8.78 Å². The van der Waals surface area contributed by atoms with Crippen LogP contribution in [0.1, 0.15) is 40.4 Å². The molecule has 0 bridgehead atoms. The molecule has 7 nitrogen and oxygen atoms in total. The van der Waals surface area contributed by atoms with E-state index in [-0.39, 0.29) is 40.9 Å². The van der Waals surface area contributed by atoms with Gasteiger partial charge in [0, 0.05) is 43.9 Å². The maximum absolute atomic E-state index is 13.6. The first-order valence-corrected chi connectivity index (χ1v) is 12.0. The number of benzene rings is 3. The Morgan fingerprint density at radius 2 is 1.44 bits per heavy atom. The highest BCUT2D eigenvalue weighted by atomic mass is 19.1. The van der Waals surface area contributed by atoms with E-state index in [2.05, 4.69) is 10.2 Å². The van der Waals surface area contributed by atoms with E-state index < -0.39 is 4.92 Å². The second kappa shape index (κ2) is 10.0. The number of rotatable bonds is 7. The summed E-state index contributed by atoms with van der Waals surface area (Å²) in [6.45, 7) is 2.21. The van der Waals surface area contributed by atoms with E-state index in [1.54, 1.807) is 36.4 Å². The van der Waals surface area contributed by atoms with Gasteiger partial charge in [0.1, 0.15) is 17.3 Å². The molecule has 9 heteroatoms. The summed E-state index contributed by atoms with van der Waals surface area (Å²) in [4.78, 5) is 27.9. The van der Waals surface area contributed by atoms with Crippen LogP contribution in [0.3, 0.4) is 0 Å². The third-order valence-electron chi connectivity index (χ3n) is 6.74. The van der Waals surface area contributed by atoms with Crippen LogP contribution in [-0.2, 0) is 0 Å². The first kappa shape index (κ1) is 23.9. The predicted molar refractivity (Wildman–Crippen MR) is 132 cm³/mol. The Bertz CT molecular complexity index is 1210. The van der Waals surface area contributed by atoms with Crippen LogP contribution in [0, 0.1) is 21.7 Å². The molecule has 0 atom stereocenters. The van der Waals surface area contributed by atoms with Crippen molar-refractivity contribution >= 4 is 17.3 Å². The highest BCUT2D eigenvalue weighted by Crippen LogP contribution is 2.34. The molecule has 2 aliphatic rings. The highest BCUT2D eigenvalue weighted by molar-refractivity contribution is 5.96. The molecule has 0 radical (unpaired) electrons. The van der Waals surface area contributed by atoms with Crippen molar-refractivity contribution in [2.75, 3.05) is 31.1 Å². The normalized spacial score (nSPS) is 16.2. The molecule has 2 fully saturated rings. The molecule has 0 unspecified atom stereocenters. The van der Waals surface area contributed by atoms with Gasteiger partial charge in [-0.3, -0.25) is 19.8 Å². The number of anilines is 1. The quantitative estimate of drug-likeness (QED) is 0.383. The Hall–Kier alpha value is -3.85. The van der Waals surface area contributed by atoms with Crippen molar-refractivity contribution in [1.29, 1.82) is 0 Å². The number of carbonyl (C=O) groups excluding carboxylic acids is 1. The summed E-state index contributed by atoms with van der Waals surface area (Å²) in [5, 5.41) is 14.7. The summed E-state index contributed by atoms with van der Waals surface area (Å²) in [5.74, 6) is -0.954. The Kier molecular flexibility index (Phi) is 6.65. The zero-order chi connectivity index (χ0) is 25.2. The van der Waals surface area contributed by atoms with Crippen molar-refractivity contribution in [3.63, 3.8) is 0 Å². The summed E-state index contributed by atoms with van der Waals surface area (Å²) < 4.78 is 27.2. The maximum atomic E-state index is 13.6. The molecule has 3 aromatic carbocycles. The lowest BCUT2D eigenvalue weighted by molar-refractivity contribution is -0.384. The Morgan fingerprint density at radius 1 is 0.889 bits per heavy atom. The number of hydrogen-bond donors (Lipinski definition) is 1. The van der Waals surface area contributed by atoms with Crippen molar-refractivity contribution in [2.24, 2.45) is 0 Å². The molecule has 1 amide bonds. The van der Waals surface area contributed by atoms with Crippen LogP contribution in [0.25, 0.3) is 0 Å². The van der Waals surface area contributed by atoms with E-state index in [1.165, 1.54) is 30.3 Å². The highest BCUT2D eigenvalue weighted by Gasteiger charge is 2.30. The first-order valence-electron chi connectivity index (χ1n) is 12.0. The van der Waals surface area contributed by atoms with Gasteiger partial charge in [0.15, 0.2) is 0 Å². The topological polar surface area (TPSA) is 78.7 Å². The molecule has 186 valence electrons. The average molecular weight is 493 g/mol. The number of piperazine rings is 1. The molecule has 3 aromatic rings. The van der Waals surface area contributed by atoms with Gasteiger partial charge >= 0.3 is 0 Å². The summed E-state index contributed by atoms with van der Waals surface area (Å²) in [7, 11) is 0. The molecule has 1 saturated heterocycles. The summed E-state index contributed by atoms with van der Waals surface area (Å²) in [5.41, 5.74) is 2.42. The minimum absolute atomic E-state index is 0.0967. The van der Waals surface area contributed by atoms with Crippen molar-refractivity contribution in [2.45, 2.75) is 24.9 Å². The van der Waals surface area contributed by atoms with Crippen molar-refractivity contribution in [3.8, 4) is 0 Å². The van der Waals surface area contributed by atoms with Crippen LogP contribution in [0.2, 0.25) is 0 Å². The number of nitrogens with one attached hydrogen (secondary N) is 1. The summed E-state index contributed by atoms with van der Waals surface area (Å²) >= 11 is 0. The van der Waals surface area contributed by atoms with E-state index in [1.807, 2.05) is 4.90 Å². The van der Waals surface area contributed by atoms with Gasteiger partial charge < -0.3 is 10.2 Å².